The Hall–Kier alpha value is -3.59. The first-order chi connectivity index (χ1) is 14.8. The van der Waals surface area contributed by atoms with Gasteiger partial charge in [0.05, 0.1) is 5.56 Å². The molecule has 2 heterocycles. The van der Waals surface area contributed by atoms with Crippen molar-refractivity contribution in [3.63, 3.8) is 0 Å². The molecule has 4 aromatic rings. The van der Waals surface area contributed by atoms with Gasteiger partial charge in [0.2, 0.25) is 5.01 Å². The van der Waals surface area contributed by atoms with Crippen LogP contribution in [0.25, 0.3) is 4.83 Å². The van der Waals surface area contributed by atoms with Crippen LogP contribution in [-0.2, 0) is 13.0 Å². The fourth-order valence-corrected chi connectivity index (χ4v) is 4.11. The van der Waals surface area contributed by atoms with Crippen LogP contribution >= 0.6 is 11.3 Å². The minimum absolute atomic E-state index is 0.0115. The minimum atomic E-state index is -1.04. The highest BCUT2D eigenvalue weighted by Crippen LogP contribution is 2.28. The predicted molar refractivity (Wildman–Crippen MR) is 113 cm³/mol. The van der Waals surface area contributed by atoms with Crippen LogP contribution in [0.1, 0.15) is 32.1 Å². The Kier molecular flexibility index (Phi) is 5.51. The van der Waals surface area contributed by atoms with Crippen molar-refractivity contribution in [2.45, 2.75) is 19.9 Å². The molecule has 31 heavy (non-hydrogen) atoms. The highest BCUT2D eigenvalue weighted by Gasteiger charge is 2.21. The molecule has 0 saturated heterocycles. The molecule has 4 rings (SSSR count). The van der Waals surface area contributed by atoms with E-state index in [0.29, 0.717) is 22.5 Å². The van der Waals surface area contributed by atoms with E-state index in [1.807, 2.05) is 30.3 Å². The lowest BCUT2D eigenvalue weighted by Crippen LogP contribution is -2.24. The SMILES string of the molecule is Cc1c(O)c(Cc2ccc(F)c(F)c2)c(=O)n2nc(C(=O)NCc3ccccc3)sc12. The number of nitrogens with one attached hydrogen (secondary N) is 1. The second kappa shape index (κ2) is 8.27. The molecule has 0 atom stereocenters. The number of carbonyl (C=O) groups excluding carboxylic acids is 1. The van der Waals surface area contributed by atoms with Crippen LogP contribution in [0.2, 0.25) is 0 Å². The molecule has 0 aliphatic rings. The number of rotatable bonds is 5. The molecular weight excluding hydrogens is 424 g/mol. The van der Waals surface area contributed by atoms with Gasteiger partial charge < -0.3 is 10.4 Å². The highest BCUT2D eigenvalue weighted by molar-refractivity contribution is 7.19. The second-order valence-corrected chi connectivity index (χ2v) is 7.95. The van der Waals surface area contributed by atoms with Gasteiger partial charge in [-0.2, -0.15) is 4.52 Å². The third-order valence-electron chi connectivity index (χ3n) is 4.84. The third-order valence-corrected chi connectivity index (χ3v) is 5.98. The zero-order valence-electron chi connectivity index (χ0n) is 16.4. The molecule has 158 valence electrons. The number of benzene rings is 2. The van der Waals surface area contributed by atoms with Gasteiger partial charge in [0.1, 0.15) is 10.6 Å². The molecule has 0 fully saturated rings. The lowest BCUT2D eigenvalue weighted by atomic mass is 10.0. The number of hydrogen-bond donors (Lipinski definition) is 2. The molecule has 2 N–H and O–H groups in total. The van der Waals surface area contributed by atoms with Gasteiger partial charge in [-0.25, -0.2) is 8.78 Å². The molecule has 0 bridgehead atoms. The summed E-state index contributed by atoms with van der Waals surface area (Å²) in [6.07, 6.45) is -0.112. The predicted octanol–water partition coefficient (Wildman–Crippen LogP) is 3.57. The van der Waals surface area contributed by atoms with E-state index in [-0.39, 0.29) is 22.7 Å². The number of nitrogens with zero attached hydrogens (tertiary/aromatic N) is 2. The fraction of sp³-hybridized carbons (Fsp3) is 0.136. The van der Waals surface area contributed by atoms with Crippen molar-refractivity contribution in [1.82, 2.24) is 14.9 Å². The number of fused-ring (bicyclic) bond motifs is 1. The van der Waals surface area contributed by atoms with Crippen LogP contribution in [0.3, 0.4) is 0 Å². The summed E-state index contributed by atoms with van der Waals surface area (Å²) in [5.74, 6) is -2.74. The average Bonchev–Trinajstić information content (AvgIpc) is 3.23. The van der Waals surface area contributed by atoms with Crippen molar-refractivity contribution in [2.24, 2.45) is 0 Å². The number of halogens is 2. The third kappa shape index (κ3) is 4.04. The molecule has 2 aromatic heterocycles. The molecule has 9 heteroatoms. The molecule has 0 spiro atoms. The van der Waals surface area contributed by atoms with Gasteiger partial charge in [-0.3, -0.25) is 9.59 Å². The van der Waals surface area contributed by atoms with E-state index >= 15 is 0 Å². The lowest BCUT2D eigenvalue weighted by Gasteiger charge is -2.08. The second-order valence-electron chi connectivity index (χ2n) is 6.97. The summed E-state index contributed by atoms with van der Waals surface area (Å²) < 4.78 is 27.8. The van der Waals surface area contributed by atoms with E-state index in [1.54, 1.807) is 6.92 Å². The Bertz CT molecular complexity index is 1350. The van der Waals surface area contributed by atoms with Crippen LogP contribution < -0.4 is 10.9 Å². The summed E-state index contributed by atoms with van der Waals surface area (Å²) in [6, 6.07) is 12.6. The van der Waals surface area contributed by atoms with Crippen molar-refractivity contribution < 1.29 is 18.7 Å². The summed E-state index contributed by atoms with van der Waals surface area (Å²) in [4.78, 5) is 25.8. The highest BCUT2D eigenvalue weighted by atomic mass is 32.1. The van der Waals surface area contributed by atoms with E-state index in [1.165, 1.54) is 6.07 Å². The zero-order valence-corrected chi connectivity index (χ0v) is 17.2. The Balaban J connectivity index is 1.66. The zero-order chi connectivity index (χ0) is 22.1. The molecule has 0 aliphatic heterocycles. The lowest BCUT2D eigenvalue weighted by molar-refractivity contribution is 0.0949. The van der Waals surface area contributed by atoms with Crippen LogP contribution in [0.4, 0.5) is 8.78 Å². The number of amides is 1. The summed E-state index contributed by atoms with van der Waals surface area (Å²) in [7, 11) is 0. The Morgan fingerprint density at radius 2 is 1.87 bits per heavy atom. The molecular formula is C22H17F2N3O3S. The largest absolute Gasteiger partial charge is 0.507 e. The van der Waals surface area contributed by atoms with E-state index in [9.17, 15) is 23.5 Å². The van der Waals surface area contributed by atoms with Crippen molar-refractivity contribution in [3.8, 4) is 5.75 Å². The van der Waals surface area contributed by atoms with Gasteiger partial charge >= 0.3 is 0 Å². The Morgan fingerprint density at radius 3 is 2.58 bits per heavy atom. The van der Waals surface area contributed by atoms with Crippen LogP contribution in [0.15, 0.2) is 53.3 Å². The first kappa shape index (κ1) is 20.7. The Labute approximate surface area is 179 Å². The maximum Gasteiger partial charge on any atom is 0.282 e. The van der Waals surface area contributed by atoms with Gasteiger partial charge in [0, 0.05) is 18.5 Å². The first-order valence-corrected chi connectivity index (χ1v) is 10.2. The number of pyridine rings is 1. The summed E-state index contributed by atoms with van der Waals surface area (Å²) in [5, 5.41) is 17.5. The van der Waals surface area contributed by atoms with Crippen LogP contribution in [0.5, 0.6) is 5.75 Å². The quantitative estimate of drug-likeness (QED) is 0.496. The summed E-state index contributed by atoms with van der Waals surface area (Å²) in [5.41, 5.74) is 0.971. The van der Waals surface area contributed by atoms with Crippen molar-refractivity contribution in [1.29, 1.82) is 0 Å². The maximum atomic E-state index is 13.5. The van der Waals surface area contributed by atoms with Crippen molar-refractivity contribution in [2.75, 3.05) is 0 Å². The van der Waals surface area contributed by atoms with Crippen molar-refractivity contribution >= 4 is 22.1 Å². The van der Waals surface area contributed by atoms with Gasteiger partial charge in [0.25, 0.3) is 11.5 Å². The molecule has 1 amide bonds. The van der Waals surface area contributed by atoms with E-state index in [4.69, 9.17) is 0 Å². The number of carbonyl (C=O) groups is 1. The van der Waals surface area contributed by atoms with E-state index in [0.717, 1.165) is 33.5 Å². The monoisotopic (exact) mass is 441 g/mol. The summed E-state index contributed by atoms with van der Waals surface area (Å²) >= 11 is 0.985. The average molecular weight is 441 g/mol. The molecule has 6 nitrogen and oxygen atoms in total. The molecule has 0 unspecified atom stereocenters. The number of aryl methyl sites for hydroxylation is 1. The van der Waals surface area contributed by atoms with Gasteiger partial charge in [-0.1, -0.05) is 47.7 Å². The first-order valence-electron chi connectivity index (χ1n) is 9.35. The van der Waals surface area contributed by atoms with Crippen LogP contribution in [0, 0.1) is 18.6 Å². The topological polar surface area (TPSA) is 83.7 Å². The van der Waals surface area contributed by atoms with Gasteiger partial charge in [0.15, 0.2) is 11.6 Å². The number of aromatic nitrogens is 2. The van der Waals surface area contributed by atoms with Crippen LogP contribution in [-0.4, -0.2) is 20.6 Å². The normalized spacial score (nSPS) is 11.1. The fourth-order valence-electron chi connectivity index (χ4n) is 3.18. The van der Waals surface area contributed by atoms with Gasteiger partial charge in [-0.05, 0) is 30.2 Å². The maximum absolute atomic E-state index is 13.5. The van der Waals surface area contributed by atoms with Crippen molar-refractivity contribution in [3.05, 3.63) is 97.8 Å². The molecule has 0 saturated carbocycles. The molecule has 2 aromatic carbocycles. The summed E-state index contributed by atoms with van der Waals surface area (Å²) in [6.45, 7) is 1.90. The minimum Gasteiger partial charge on any atom is -0.507 e. The van der Waals surface area contributed by atoms with E-state index in [2.05, 4.69) is 10.4 Å². The Morgan fingerprint density at radius 1 is 1.13 bits per heavy atom. The smallest absolute Gasteiger partial charge is 0.282 e. The number of aromatic hydroxyl groups is 1. The van der Waals surface area contributed by atoms with Gasteiger partial charge in [-0.15, -0.1) is 5.10 Å². The molecule has 0 radical (unpaired) electrons. The standard InChI is InChI=1S/C22H17F2N3O3S/c1-12-18(28)15(9-14-7-8-16(23)17(24)10-14)21(30)27-22(12)31-20(26-27)19(29)25-11-13-5-3-2-4-6-13/h2-8,10,28H,9,11H2,1H3,(H,25,29). The molecule has 0 aliphatic carbocycles. The number of hydrogen-bond acceptors (Lipinski definition) is 5. The van der Waals surface area contributed by atoms with E-state index < -0.39 is 23.1 Å².